The highest BCUT2D eigenvalue weighted by atomic mass is 16.6. The first-order chi connectivity index (χ1) is 22.3. The lowest BCUT2D eigenvalue weighted by Crippen LogP contribution is -2.42. The molecule has 5 rings (SSSR count). The predicted molar refractivity (Wildman–Crippen MR) is 181 cm³/mol. The van der Waals surface area contributed by atoms with Crippen molar-refractivity contribution in [3.05, 3.63) is 42.7 Å². The van der Waals surface area contributed by atoms with Gasteiger partial charge in [0.2, 0.25) is 11.9 Å². The smallest absolute Gasteiger partial charge is 0.412 e. The molecule has 1 aliphatic carbocycles. The third-order valence-corrected chi connectivity index (χ3v) is 7.38. The van der Waals surface area contributed by atoms with Gasteiger partial charge < -0.3 is 25.0 Å². The summed E-state index contributed by atoms with van der Waals surface area (Å²) in [5.74, 6) is 0.941. The van der Waals surface area contributed by atoms with Gasteiger partial charge in [0.25, 0.3) is 0 Å². The number of carbonyl (C=O) groups excluding carboxylic acids is 2. The predicted octanol–water partition coefficient (Wildman–Crippen LogP) is 6.56. The first-order valence-corrected chi connectivity index (χ1v) is 15.9. The van der Waals surface area contributed by atoms with Crippen molar-refractivity contribution < 1.29 is 19.1 Å². The maximum atomic E-state index is 12.6. The van der Waals surface area contributed by atoms with E-state index < -0.39 is 17.3 Å². The summed E-state index contributed by atoms with van der Waals surface area (Å²) in [7, 11) is 0. The second kappa shape index (κ2) is 13.8. The number of rotatable bonds is 8. The number of para-hydroxylation sites is 2. The Kier molecular flexibility index (Phi) is 9.77. The normalized spacial score (nSPS) is 16.7. The van der Waals surface area contributed by atoms with Crippen LogP contribution >= 0.6 is 0 Å². The van der Waals surface area contributed by atoms with Crippen LogP contribution in [-0.4, -0.2) is 72.2 Å². The molecule has 0 saturated heterocycles. The van der Waals surface area contributed by atoms with E-state index in [1.165, 1.54) is 0 Å². The van der Waals surface area contributed by atoms with Crippen molar-refractivity contribution in [2.45, 2.75) is 97.4 Å². The highest BCUT2D eigenvalue weighted by molar-refractivity contribution is 5.92. The fraction of sp³-hybridized carbons (Fsp3) is 0.485. The molecule has 0 aliphatic heterocycles. The molecule has 4 aromatic rings. The molecule has 1 aliphatic rings. The van der Waals surface area contributed by atoms with Gasteiger partial charge in [-0.05, 0) is 92.3 Å². The second-order valence-electron chi connectivity index (χ2n) is 13.5. The number of nitrogens with zero attached hydrogens (tertiary/aromatic N) is 6. The molecule has 3 aromatic heterocycles. The van der Waals surface area contributed by atoms with Crippen molar-refractivity contribution in [2.75, 3.05) is 22.1 Å². The van der Waals surface area contributed by atoms with Gasteiger partial charge >= 0.3 is 12.2 Å². The minimum Gasteiger partial charge on any atom is -0.444 e. The van der Waals surface area contributed by atoms with E-state index in [1.54, 1.807) is 18.5 Å². The number of amides is 2. The minimum atomic E-state index is -0.629. The van der Waals surface area contributed by atoms with Crippen LogP contribution in [0.25, 0.3) is 22.4 Å². The number of anilines is 4. The lowest BCUT2D eigenvalue weighted by Gasteiger charge is -2.30. The van der Waals surface area contributed by atoms with Crippen LogP contribution in [0.15, 0.2) is 42.7 Å². The van der Waals surface area contributed by atoms with Crippen molar-refractivity contribution in [1.29, 1.82) is 0 Å². The van der Waals surface area contributed by atoms with Crippen molar-refractivity contribution >= 4 is 46.5 Å². The number of H-pyrrole nitrogens is 1. The number of ether oxygens (including phenoxy) is 2. The number of benzene rings is 1. The highest BCUT2D eigenvalue weighted by Crippen LogP contribution is 2.32. The monoisotopic (exact) mass is 644 g/mol. The quantitative estimate of drug-likeness (QED) is 0.164. The number of hydrogen-bond donors (Lipinski definition) is 4. The number of hydrogen-bond acceptors (Lipinski definition) is 11. The van der Waals surface area contributed by atoms with Gasteiger partial charge in [0.15, 0.2) is 5.65 Å². The zero-order chi connectivity index (χ0) is 33.8. The Balaban J connectivity index is 1.27. The molecule has 4 N–H and O–H groups in total. The molecular weight excluding hydrogens is 600 g/mol. The number of aromatic amines is 1. The number of carbonyl (C=O) groups is 2. The van der Waals surface area contributed by atoms with Gasteiger partial charge in [0, 0.05) is 31.0 Å². The Hall–Kier alpha value is -5.01. The van der Waals surface area contributed by atoms with E-state index in [0.717, 1.165) is 36.8 Å². The molecule has 2 amide bonds. The molecule has 1 fully saturated rings. The van der Waals surface area contributed by atoms with Gasteiger partial charge in [-0.1, -0.05) is 12.1 Å². The van der Waals surface area contributed by atoms with Crippen LogP contribution in [0.5, 0.6) is 0 Å². The Morgan fingerprint density at radius 2 is 1.60 bits per heavy atom. The van der Waals surface area contributed by atoms with Gasteiger partial charge in [-0.25, -0.2) is 24.5 Å². The molecule has 0 bridgehead atoms. The van der Waals surface area contributed by atoms with E-state index in [-0.39, 0.29) is 18.2 Å². The molecular formula is C33H44N10O4. The molecule has 0 atom stereocenters. The Morgan fingerprint density at radius 1 is 0.915 bits per heavy atom. The lowest BCUT2D eigenvalue weighted by atomic mass is 9.91. The van der Waals surface area contributed by atoms with Crippen LogP contribution in [0.2, 0.25) is 0 Å². The molecule has 1 saturated carbocycles. The van der Waals surface area contributed by atoms with Crippen molar-refractivity contribution in [1.82, 2.24) is 35.5 Å². The van der Waals surface area contributed by atoms with E-state index in [4.69, 9.17) is 14.5 Å². The van der Waals surface area contributed by atoms with E-state index in [0.29, 0.717) is 41.2 Å². The van der Waals surface area contributed by atoms with Gasteiger partial charge in [-0.15, -0.1) is 0 Å². The SMILES string of the molecule is CCN(c1nccc(-c2[nH]nc3nc(NC4CCC(NC(=O)OC(C)(C)C)CC4)ncc23)n1)c1ccccc1NC(=O)OC(C)(C)C. The van der Waals surface area contributed by atoms with Crippen LogP contribution in [0.1, 0.15) is 74.1 Å². The third-order valence-electron chi connectivity index (χ3n) is 7.38. The molecule has 0 radical (unpaired) electrons. The summed E-state index contributed by atoms with van der Waals surface area (Å²) in [6.07, 6.45) is 5.88. The fourth-order valence-electron chi connectivity index (χ4n) is 5.37. The van der Waals surface area contributed by atoms with Gasteiger partial charge in [-0.2, -0.15) is 10.1 Å². The zero-order valence-corrected chi connectivity index (χ0v) is 28.0. The largest absolute Gasteiger partial charge is 0.444 e. The van der Waals surface area contributed by atoms with E-state index in [1.807, 2.05) is 77.6 Å². The summed E-state index contributed by atoms with van der Waals surface area (Å²) >= 11 is 0. The zero-order valence-electron chi connectivity index (χ0n) is 28.0. The number of fused-ring (bicyclic) bond motifs is 1. The highest BCUT2D eigenvalue weighted by Gasteiger charge is 2.26. The minimum absolute atomic E-state index is 0.0799. The van der Waals surface area contributed by atoms with E-state index >= 15 is 0 Å². The summed E-state index contributed by atoms with van der Waals surface area (Å²) < 4.78 is 10.8. The molecule has 1 aromatic carbocycles. The van der Waals surface area contributed by atoms with Gasteiger partial charge in [-0.3, -0.25) is 10.4 Å². The first-order valence-electron chi connectivity index (χ1n) is 15.9. The van der Waals surface area contributed by atoms with Crippen LogP contribution in [0, 0.1) is 0 Å². The molecule has 14 nitrogen and oxygen atoms in total. The molecule has 0 unspecified atom stereocenters. The fourth-order valence-corrected chi connectivity index (χ4v) is 5.37. The van der Waals surface area contributed by atoms with Gasteiger partial charge in [0.1, 0.15) is 11.2 Å². The first kappa shape index (κ1) is 33.4. The Labute approximate surface area is 274 Å². The van der Waals surface area contributed by atoms with Crippen LogP contribution < -0.4 is 20.9 Å². The average molecular weight is 645 g/mol. The van der Waals surface area contributed by atoms with Crippen LogP contribution in [0.3, 0.4) is 0 Å². The van der Waals surface area contributed by atoms with Crippen LogP contribution in [0.4, 0.5) is 32.9 Å². The Morgan fingerprint density at radius 3 is 2.30 bits per heavy atom. The van der Waals surface area contributed by atoms with Crippen molar-refractivity contribution in [3.63, 3.8) is 0 Å². The second-order valence-corrected chi connectivity index (χ2v) is 13.5. The maximum absolute atomic E-state index is 12.6. The van der Waals surface area contributed by atoms with E-state index in [2.05, 4.69) is 41.1 Å². The van der Waals surface area contributed by atoms with Crippen LogP contribution in [-0.2, 0) is 9.47 Å². The molecule has 3 heterocycles. The number of aromatic nitrogens is 6. The lowest BCUT2D eigenvalue weighted by molar-refractivity contribution is 0.0491. The number of alkyl carbamates (subject to hydrolysis) is 1. The average Bonchev–Trinajstić information content (AvgIpc) is 3.41. The van der Waals surface area contributed by atoms with Gasteiger partial charge in [0.05, 0.1) is 28.1 Å². The Bertz CT molecular complexity index is 1700. The molecule has 14 heteroatoms. The molecule has 250 valence electrons. The molecule has 0 spiro atoms. The topological polar surface area (TPSA) is 172 Å². The maximum Gasteiger partial charge on any atom is 0.412 e. The van der Waals surface area contributed by atoms with Crippen molar-refractivity contribution in [3.8, 4) is 11.4 Å². The standard InChI is InChI=1S/C33H44N10O4/c1-8-43(25-12-10-9-11-23(25)39-31(45)47-33(5,6)7)29-34-18-17-24(38-29)26-22-19-35-28(40-27(22)42-41-26)36-20-13-15-21(16-14-20)37-30(44)46-32(2,3)4/h9-12,17-21H,8,13-16H2,1-7H3,(H,37,44)(H,39,45)(H2,35,36,40,41,42). The number of nitrogens with one attached hydrogen (secondary N) is 4. The summed E-state index contributed by atoms with van der Waals surface area (Å²) in [6.45, 7) is 13.5. The van der Waals surface area contributed by atoms with Crippen molar-refractivity contribution in [2.24, 2.45) is 0 Å². The summed E-state index contributed by atoms with van der Waals surface area (Å²) in [6, 6.07) is 9.49. The summed E-state index contributed by atoms with van der Waals surface area (Å²) in [5, 5.41) is 17.5. The third kappa shape index (κ3) is 8.83. The van der Waals surface area contributed by atoms with E-state index in [9.17, 15) is 9.59 Å². The summed E-state index contributed by atoms with van der Waals surface area (Å²) in [4.78, 5) is 45.2. The summed E-state index contributed by atoms with van der Waals surface area (Å²) in [5.41, 5.74) is 1.94. The molecule has 47 heavy (non-hydrogen) atoms.